The van der Waals surface area contributed by atoms with Gasteiger partial charge in [-0.3, -0.25) is 9.79 Å². The Morgan fingerprint density at radius 2 is 1.94 bits per heavy atom. The number of carbonyl (C=O) groups excluding carboxylic acids is 1. The molecular formula is C24H20F4N6O. The second-order valence-electron chi connectivity index (χ2n) is 7.22. The second kappa shape index (κ2) is 10.6. The van der Waals surface area contributed by atoms with Gasteiger partial charge in [0.05, 0.1) is 23.2 Å². The number of amides is 1. The van der Waals surface area contributed by atoms with Crippen molar-refractivity contribution in [1.82, 2.24) is 9.97 Å². The Morgan fingerprint density at radius 3 is 2.66 bits per heavy atom. The number of carbonyl (C=O) groups is 1. The van der Waals surface area contributed by atoms with Crippen molar-refractivity contribution in [2.45, 2.75) is 13.1 Å². The minimum absolute atomic E-state index is 0.207. The number of nitrogens with two attached hydrogens (primary N) is 1. The van der Waals surface area contributed by atoms with Crippen LogP contribution in [0, 0.1) is 12.7 Å². The normalized spacial score (nSPS) is 12.0. The summed E-state index contributed by atoms with van der Waals surface area (Å²) < 4.78 is 52.5. The SMILES string of the molecule is C=C/C=N\C=C(/N)c1ccnc(Nc2cc(NC(=O)c3cc(F)cc(C(F)(F)F)c3)ccc2C)n1. The summed E-state index contributed by atoms with van der Waals surface area (Å²) in [5, 5.41) is 5.48. The van der Waals surface area contributed by atoms with E-state index < -0.39 is 29.0 Å². The first kappa shape index (κ1) is 25.1. The minimum atomic E-state index is -4.79. The number of nitrogens with zero attached hydrogens (tertiary/aromatic N) is 3. The molecule has 0 atom stereocenters. The van der Waals surface area contributed by atoms with E-state index in [9.17, 15) is 22.4 Å². The van der Waals surface area contributed by atoms with Gasteiger partial charge in [-0.2, -0.15) is 13.2 Å². The fourth-order valence-corrected chi connectivity index (χ4v) is 2.87. The first-order chi connectivity index (χ1) is 16.6. The summed E-state index contributed by atoms with van der Waals surface area (Å²) in [6, 6.07) is 8.01. The molecule has 0 spiro atoms. The average molecular weight is 484 g/mol. The molecule has 0 aliphatic carbocycles. The summed E-state index contributed by atoms with van der Waals surface area (Å²) in [5.41, 5.74) is 6.48. The predicted octanol–water partition coefficient (Wildman–Crippen LogP) is 5.45. The van der Waals surface area contributed by atoms with Gasteiger partial charge in [-0.25, -0.2) is 14.4 Å². The van der Waals surface area contributed by atoms with Crippen LogP contribution in [0.25, 0.3) is 5.70 Å². The van der Waals surface area contributed by atoms with Crippen molar-refractivity contribution in [3.63, 3.8) is 0 Å². The summed E-state index contributed by atoms with van der Waals surface area (Å²) in [6.45, 7) is 5.31. The van der Waals surface area contributed by atoms with E-state index in [1.807, 2.05) is 0 Å². The Bertz CT molecular complexity index is 1320. The number of aromatic nitrogens is 2. The van der Waals surface area contributed by atoms with Crippen LogP contribution in [-0.2, 0) is 6.18 Å². The van der Waals surface area contributed by atoms with E-state index in [1.165, 1.54) is 24.7 Å². The zero-order valence-corrected chi connectivity index (χ0v) is 18.4. The molecule has 180 valence electrons. The van der Waals surface area contributed by atoms with E-state index in [2.05, 4.69) is 32.2 Å². The highest BCUT2D eigenvalue weighted by atomic mass is 19.4. The van der Waals surface area contributed by atoms with Crippen molar-refractivity contribution in [3.05, 3.63) is 95.7 Å². The van der Waals surface area contributed by atoms with E-state index in [-0.39, 0.29) is 11.6 Å². The van der Waals surface area contributed by atoms with Gasteiger partial charge in [-0.15, -0.1) is 0 Å². The molecule has 0 unspecified atom stereocenters. The van der Waals surface area contributed by atoms with Gasteiger partial charge in [-0.1, -0.05) is 18.7 Å². The van der Waals surface area contributed by atoms with Crippen LogP contribution in [0.4, 0.5) is 34.9 Å². The Balaban J connectivity index is 1.82. The fourth-order valence-electron chi connectivity index (χ4n) is 2.87. The molecule has 3 rings (SSSR count). The number of hydrogen-bond acceptors (Lipinski definition) is 6. The van der Waals surface area contributed by atoms with Crippen LogP contribution < -0.4 is 16.4 Å². The molecule has 0 aliphatic heterocycles. The number of anilines is 3. The van der Waals surface area contributed by atoms with Gasteiger partial charge in [0.2, 0.25) is 5.95 Å². The highest BCUT2D eigenvalue weighted by Gasteiger charge is 2.32. The standard InChI is InChI=1S/C24H20F4N6O/c1-3-7-30-13-19(29)20-6-8-31-23(33-20)34-21-12-18(5-4-14(21)2)32-22(35)15-9-16(24(26,27)28)11-17(25)10-15/h3-13H,1,29H2,2H3,(H,32,35)(H,31,33,34)/b19-13-,30-7-. The molecule has 1 aromatic heterocycles. The third-order valence-electron chi connectivity index (χ3n) is 4.59. The number of aryl methyl sites for hydroxylation is 1. The predicted molar refractivity (Wildman–Crippen MR) is 127 cm³/mol. The Morgan fingerprint density at radius 1 is 1.17 bits per heavy atom. The van der Waals surface area contributed by atoms with Crippen molar-refractivity contribution < 1.29 is 22.4 Å². The van der Waals surface area contributed by atoms with Crippen LogP contribution in [0.15, 0.2) is 72.5 Å². The van der Waals surface area contributed by atoms with Gasteiger partial charge in [0.15, 0.2) is 0 Å². The molecule has 3 aromatic rings. The first-order valence-electron chi connectivity index (χ1n) is 10.1. The number of aliphatic imine (C=N–C) groups is 1. The van der Waals surface area contributed by atoms with Crippen molar-refractivity contribution in [2.24, 2.45) is 10.7 Å². The quantitative estimate of drug-likeness (QED) is 0.305. The summed E-state index contributed by atoms with van der Waals surface area (Å²) in [6.07, 6.45) is 1.07. The number of halogens is 4. The molecule has 0 saturated heterocycles. The summed E-state index contributed by atoms with van der Waals surface area (Å²) >= 11 is 0. The molecule has 0 bridgehead atoms. The third kappa shape index (κ3) is 6.73. The smallest absolute Gasteiger partial charge is 0.396 e. The molecule has 2 aromatic carbocycles. The third-order valence-corrected chi connectivity index (χ3v) is 4.59. The molecule has 11 heteroatoms. The Hall–Kier alpha value is -4.54. The maximum Gasteiger partial charge on any atom is 0.416 e. The number of nitrogens with one attached hydrogen (secondary N) is 2. The van der Waals surface area contributed by atoms with Crippen molar-refractivity contribution in [3.8, 4) is 0 Å². The average Bonchev–Trinajstić information content (AvgIpc) is 2.80. The lowest BCUT2D eigenvalue weighted by Crippen LogP contribution is -2.15. The van der Waals surface area contributed by atoms with E-state index in [0.29, 0.717) is 29.2 Å². The molecule has 0 aliphatic rings. The Labute approximate surface area is 198 Å². The van der Waals surface area contributed by atoms with Gasteiger partial charge < -0.3 is 16.4 Å². The number of rotatable bonds is 7. The van der Waals surface area contributed by atoms with Crippen LogP contribution in [0.1, 0.15) is 27.2 Å². The number of alkyl halides is 3. The molecule has 35 heavy (non-hydrogen) atoms. The lowest BCUT2D eigenvalue weighted by Gasteiger charge is -2.13. The lowest BCUT2D eigenvalue weighted by atomic mass is 10.1. The van der Waals surface area contributed by atoms with Crippen molar-refractivity contribution in [1.29, 1.82) is 0 Å². The van der Waals surface area contributed by atoms with Crippen LogP contribution in [-0.4, -0.2) is 22.1 Å². The molecule has 1 amide bonds. The van der Waals surface area contributed by atoms with E-state index in [0.717, 1.165) is 11.6 Å². The summed E-state index contributed by atoms with van der Waals surface area (Å²) in [4.78, 5) is 24.9. The highest BCUT2D eigenvalue weighted by Crippen LogP contribution is 2.31. The fraction of sp³-hybridized carbons (Fsp3) is 0.0833. The van der Waals surface area contributed by atoms with Crippen LogP contribution in [0.3, 0.4) is 0 Å². The molecule has 7 nitrogen and oxygen atoms in total. The zero-order valence-electron chi connectivity index (χ0n) is 18.4. The summed E-state index contributed by atoms with van der Waals surface area (Å²) in [7, 11) is 0. The molecule has 1 heterocycles. The molecular weight excluding hydrogens is 464 g/mol. The van der Waals surface area contributed by atoms with Gasteiger partial charge in [0.1, 0.15) is 5.82 Å². The molecule has 0 radical (unpaired) electrons. The minimum Gasteiger partial charge on any atom is -0.396 e. The van der Waals surface area contributed by atoms with Gasteiger partial charge in [0, 0.05) is 29.3 Å². The highest BCUT2D eigenvalue weighted by molar-refractivity contribution is 6.04. The van der Waals surface area contributed by atoms with E-state index >= 15 is 0 Å². The second-order valence-corrected chi connectivity index (χ2v) is 7.22. The first-order valence-corrected chi connectivity index (χ1v) is 10.1. The largest absolute Gasteiger partial charge is 0.416 e. The lowest BCUT2D eigenvalue weighted by molar-refractivity contribution is -0.137. The van der Waals surface area contributed by atoms with Gasteiger partial charge in [0.25, 0.3) is 5.91 Å². The van der Waals surface area contributed by atoms with Gasteiger partial charge >= 0.3 is 6.18 Å². The number of hydrogen-bond donors (Lipinski definition) is 3. The van der Waals surface area contributed by atoms with Crippen molar-refractivity contribution in [2.75, 3.05) is 10.6 Å². The maximum absolute atomic E-state index is 13.7. The van der Waals surface area contributed by atoms with Crippen LogP contribution in [0.2, 0.25) is 0 Å². The molecule has 4 N–H and O–H groups in total. The molecule has 0 fully saturated rings. The maximum atomic E-state index is 13.7. The number of allylic oxidation sites excluding steroid dienone is 1. The summed E-state index contributed by atoms with van der Waals surface area (Å²) in [5.74, 6) is -1.86. The van der Waals surface area contributed by atoms with Crippen LogP contribution in [0.5, 0.6) is 0 Å². The topological polar surface area (TPSA) is 105 Å². The molecule has 0 saturated carbocycles. The van der Waals surface area contributed by atoms with Crippen molar-refractivity contribution >= 4 is 35.1 Å². The van der Waals surface area contributed by atoms with E-state index in [1.54, 1.807) is 31.2 Å². The van der Waals surface area contributed by atoms with Crippen LogP contribution >= 0.6 is 0 Å². The van der Waals surface area contributed by atoms with E-state index in [4.69, 9.17) is 5.73 Å². The van der Waals surface area contributed by atoms with Gasteiger partial charge in [-0.05, 0) is 48.9 Å². The monoisotopic (exact) mass is 484 g/mol. The number of benzene rings is 2. The Kier molecular flexibility index (Phi) is 7.59. The zero-order chi connectivity index (χ0) is 25.6.